The minimum absolute atomic E-state index is 0.109. The molecule has 0 aliphatic carbocycles. The average Bonchev–Trinajstić information content (AvgIpc) is 3.00. The van der Waals surface area contributed by atoms with E-state index in [0.717, 1.165) is 0 Å². The molecule has 1 aliphatic heterocycles. The summed E-state index contributed by atoms with van der Waals surface area (Å²) in [5.74, 6) is 0.169. The van der Waals surface area contributed by atoms with Gasteiger partial charge in [-0.15, -0.1) is 0 Å². The molecule has 1 saturated heterocycles. The molecule has 2 amide bonds. The van der Waals surface area contributed by atoms with Gasteiger partial charge in [-0.3, -0.25) is 9.59 Å². The van der Waals surface area contributed by atoms with Gasteiger partial charge in [-0.25, -0.2) is 8.42 Å². The highest BCUT2D eigenvalue weighted by Crippen LogP contribution is 2.26. The van der Waals surface area contributed by atoms with E-state index in [9.17, 15) is 18.0 Å². The van der Waals surface area contributed by atoms with Crippen LogP contribution in [0.25, 0.3) is 0 Å². The summed E-state index contributed by atoms with van der Waals surface area (Å²) in [6.07, 6.45) is 0.333. The lowest BCUT2D eigenvalue weighted by molar-refractivity contribution is -0.133. The van der Waals surface area contributed by atoms with Crippen molar-refractivity contribution in [2.75, 3.05) is 25.4 Å². The van der Waals surface area contributed by atoms with E-state index in [1.807, 2.05) is 0 Å². The largest absolute Gasteiger partial charge is 0.341 e. The van der Waals surface area contributed by atoms with Gasteiger partial charge in [-0.1, -0.05) is 23.4 Å². The Labute approximate surface area is 169 Å². The SMILES string of the molecule is CC(=O)N1CCN(C(=O)CCS(=O)(=O)c2ccccc2)CCC1c1nc(C)no1. The normalized spacial score (nSPS) is 17.8. The molecule has 2 heterocycles. The van der Waals surface area contributed by atoms with Crippen molar-refractivity contribution in [3.05, 3.63) is 42.0 Å². The van der Waals surface area contributed by atoms with Gasteiger partial charge < -0.3 is 14.3 Å². The number of carbonyl (C=O) groups is 2. The van der Waals surface area contributed by atoms with Crippen LogP contribution in [0, 0.1) is 6.92 Å². The maximum Gasteiger partial charge on any atom is 0.249 e. The van der Waals surface area contributed by atoms with Crippen LogP contribution in [-0.2, 0) is 19.4 Å². The second-order valence-electron chi connectivity index (χ2n) is 6.96. The fourth-order valence-corrected chi connectivity index (χ4v) is 4.64. The van der Waals surface area contributed by atoms with E-state index in [2.05, 4.69) is 10.1 Å². The number of sulfone groups is 1. The molecule has 10 heteroatoms. The van der Waals surface area contributed by atoms with E-state index in [1.165, 1.54) is 19.1 Å². The summed E-state index contributed by atoms with van der Waals surface area (Å²) < 4.78 is 30.1. The Balaban J connectivity index is 1.66. The van der Waals surface area contributed by atoms with Crippen LogP contribution in [-0.4, -0.2) is 65.6 Å². The second-order valence-corrected chi connectivity index (χ2v) is 9.07. The lowest BCUT2D eigenvalue weighted by atomic mass is 10.1. The van der Waals surface area contributed by atoms with Crippen LogP contribution in [0.1, 0.15) is 37.5 Å². The van der Waals surface area contributed by atoms with E-state index in [1.54, 1.807) is 34.9 Å². The standard InChI is InChI=1S/C19H24N4O5S/c1-14-20-19(28-21-14)17-8-10-22(11-12-23(17)15(2)24)18(25)9-13-29(26,27)16-6-4-3-5-7-16/h3-7,17H,8-13H2,1-2H3. The second kappa shape index (κ2) is 8.73. The molecule has 0 radical (unpaired) electrons. The van der Waals surface area contributed by atoms with E-state index in [0.29, 0.717) is 37.8 Å². The van der Waals surface area contributed by atoms with Crippen molar-refractivity contribution < 1.29 is 22.5 Å². The third kappa shape index (κ3) is 5.00. The smallest absolute Gasteiger partial charge is 0.249 e. The molecule has 1 aromatic heterocycles. The Morgan fingerprint density at radius 2 is 1.90 bits per heavy atom. The number of hydrogen-bond donors (Lipinski definition) is 0. The van der Waals surface area contributed by atoms with Gasteiger partial charge >= 0.3 is 0 Å². The van der Waals surface area contributed by atoms with Crippen LogP contribution in [0.3, 0.4) is 0 Å². The summed E-state index contributed by atoms with van der Waals surface area (Å²) in [6, 6.07) is 7.68. The summed E-state index contributed by atoms with van der Waals surface area (Å²) in [6.45, 7) is 4.18. The molecule has 0 saturated carbocycles. The highest BCUT2D eigenvalue weighted by molar-refractivity contribution is 7.91. The first-order valence-corrected chi connectivity index (χ1v) is 11.1. The maximum absolute atomic E-state index is 12.7. The Morgan fingerprint density at radius 1 is 1.17 bits per heavy atom. The average molecular weight is 420 g/mol. The molecular formula is C19H24N4O5S. The number of benzene rings is 1. The lowest BCUT2D eigenvalue weighted by Crippen LogP contribution is -2.37. The monoisotopic (exact) mass is 420 g/mol. The predicted octanol–water partition coefficient (Wildman–Crippen LogP) is 1.36. The molecule has 1 fully saturated rings. The van der Waals surface area contributed by atoms with Gasteiger partial charge in [0.2, 0.25) is 17.7 Å². The molecule has 0 bridgehead atoms. The Bertz CT molecular complexity index is 973. The summed E-state index contributed by atoms with van der Waals surface area (Å²) in [5.41, 5.74) is 0. The van der Waals surface area contributed by atoms with Gasteiger partial charge in [0.1, 0.15) is 6.04 Å². The van der Waals surface area contributed by atoms with Crippen molar-refractivity contribution in [1.82, 2.24) is 19.9 Å². The number of aromatic nitrogens is 2. The van der Waals surface area contributed by atoms with Gasteiger partial charge in [0, 0.05) is 33.0 Å². The molecule has 1 aromatic carbocycles. The zero-order valence-electron chi connectivity index (χ0n) is 16.4. The Kier molecular flexibility index (Phi) is 6.31. The van der Waals surface area contributed by atoms with Gasteiger partial charge in [0.25, 0.3) is 0 Å². The molecule has 2 aromatic rings. The molecule has 0 spiro atoms. The van der Waals surface area contributed by atoms with E-state index < -0.39 is 15.9 Å². The number of rotatable bonds is 5. The third-order valence-electron chi connectivity index (χ3n) is 4.93. The molecule has 1 atom stereocenters. The number of nitrogens with zero attached hydrogens (tertiary/aromatic N) is 4. The minimum atomic E-state index is -3.52. The van der Waals surface area contributed by atoms with Gasteiger partial charge in [0.15, 0.2) is 15.7 Å². The van der Waals surface area contributed by atoms with Crippen LogP contribution in [0.4, 0.5) is 0 Å². The van der Waals surface area contributed by atoms with Crippen molar-refractivity contribution in [3.8, 4) is 0 Å². The molecule has 0 N–H and O–H groups in total. The van der Waals surface area contributed by atoms with Crippen molar-refractivity contribution in [1.29, 1.82) is 0 Å². The molecule has 1 unspecified atom stereocenters. The molecular weight excluding hydrogens is 396 g/mol. The lowest BCUT2D eigenvalue weighted by Gasteiger charge is -2.25. The highest BCUT2D eigenvalue weighted by atomic mass is 32.2. The fourth-order valence-electron chi connectivity index (χ4n) is 3.39. The zero-order chi connectivity index (χ0) is 21.0. The number of carbonyl (C=O) groups excluding carboxylic acids is 2. The van der Waals surface area contributed by atoms with Crippen molar-refractivity contribution >= 4 is 21.7 Å². The molecule has 9 nitrogen and oxygen atoms in total. The predicted molar refractivity (Wildman–Crippen MR) is 103 cm³/mol. The molecule has 29 heavy (non-hydrogen) atoms. The minimum Gasteiger partial charge on any atom is -0.341 e. The van der Waals surface area contributed by atoms with Crippen LogP contribution in [0.2, 0.25) is 0 Å². The summed E-state index contributed by atoms with van der Waals surface area (Å²) in [5, 5.41) is 3.78. The Morgan fingerprint density at radius 3 is 2.52 bits per heavy atom. The summed E-state index contributed by atoms with van der Waals surface area (Å²) in [4.78, 5) is 32.4. The number of amides is 2. The van der Waals surface area contributed by atoms with Crippen LogP contribution in [0.15, 0.2) is 39.8 Å². The fraction of sp³-hybridized carbons (Fsp3) is 0.474. The molecule has 156 valence electrons. The van der Waals surface area contributed by atoms with Crippen molar-refractivity contribution in [2.45, 2.75) is 37.6 Å². The summed E-state index contributed by atoms with van der Waals surface area (Å²) in [7, 11) is -3.52. The quantitative estimate of drug-likeness (QED) is 0.717. The zero-order valence-corrected chi connectivity index (χ0v) is 17.3. The first-order valence-electron chi connectivity index (χ1n) is 9.41. The first kappa shape index (κ1) is 21.0. The van der Waals surface area contributed by atoms with Crippen molar-refractivity contribution in [3.63, 3.8) is 0 Å². The van der Waals surface area contributed by atoms with Crippen LogP contribution in [0.5, 0.6) is 0 Å². The van der Waals surface area contributed by atoms with Crippen LogP contribution >= 0.6 is 0 Å². The van der Waals surface area contributed by atoms with Crippen molar-refractivity contribution in [2.24, 2.45) is 0 Å². The summed E-state index contributed by atoms with van der Waals surface area (Å²) >= 11 is 0. The first-order chi connectivity index (χ1) is 13.8. The van der Waals surface area contributed by atoms with Gasteiger partial charge in [0.05, 0.1) is 10.6 Å². The van der Waals surface area contributed by atoms with Gasteiger partial charge in [-0.2, -0.15) is 4.98 Å². The number of aryl methyl sites for hydroxylation is 1. The maximum atomic E-state index is 12.7. The third-order valence-corrected chi connectivity index (χ3v) is 6.66. The topological polar surface area (TPSA) is 114 Å². The highest BCUT2D eigenvalue weighted by Gasteiger charge is 2.32. The van der Waals surface area contributed by atoms with Crippen LogP contribution < -0.4 is 0 Å². The van der Waals surface area contributed by atoms with Gasteiger partial charge in [-0.05, 0) is 25.5 Å². The molecule has 3 rings (SSSR count). The van der Waals surface area contributed by atoms with E-state index in [-0.39, 0.29) is 28.9 Å². The Hall–Kier alpha value is -2.75. The number of hydrogen-bond acceptors (Lipinski definition) is 7. The van der Waals surface area contributed by atoms with E-state index in [4.69, 9.17) is 4.52 Å². The molecule has 1 aliphatic rings. The van der Waals surface area contributed by atoms with E-state index >= 15 is 0 Å².